The fourth-order valence-corrected chi connectivity index (χ4v) is 2.91. The molecule has 0 radical (unpaired) electrons. The molecule has 0 aliphatic heterocycles. The summed E-state index contributed by atoms with van der Waals surface area (Å²) in [6.07, 6.45) is 5.02. The van der Waals surface area contributed by atoms with E-state index in [1.54, 1.807) is 0 Å². The first-order valence-corrected chi connectivity index (χ1v) is 7.72. The summed E-state index contributed by atoms with van der Waals surface area (Å²) in [5.74, 6) is 6.48. The highest BCUT2D eigenvalue weighted by molar-refractivity contribution is 5.94. The van der Waals surface area contributed by atoms with Gasteiger partial charge in [0.2, 0.25) is 0 Å². The third kappa shape index (κ3) is 4.09. The van der Waals surface area contributed by atoms with Crippen molar-refractivity contribution in [3.05, 3.63) is 34.9 Å². The molecule has 2 rings (SSSR count). The molecular formula is C18H24N2O. The second kappa shape index (κ2) is 7.28. The zero-order valence-corrected chi connectivity index (χ0v) is 12.9. The number of nitrogens with one attached hydrogen (secondary N) is 1. The Labute approximate surface area is 127 Å². The van der Waals surface area contributed by atoms with E-state index in [0.717, 1.165) is 11.1 Å². The molecule has 1 amide bonds. The quantitative estimate of drug-likeness (QED) is 0.838. The zero-order valence-electron chi connectivity index (χ0n) is 12.9. The first-order chi connectivity index (χ1) is 10.1. The van der Waals surface area contributed by atoms with Gasteiger partial charge in [0.15, 0.2) is 0 Å². The van der Waals surface area contributed by atoms with Crippen molar-refractivity contribution >= 4 is 5.91 Å². The molecule has 1 aromatic carbocycles. The van der Waals surface area contributed by atoms with Gasteiger partial charge in [-0.1, -0.05) is 30.7 Å². The number of carbonyl (C=O) groups excluding carboxylic acids is 1. The van der Waals surface area contributed by atoms with Gasteiger partial charge in [-0.2, -0.15) is 0 Å². The summed E-state index contributed by atoms with van der Waals surface area (Å²) in [7, 11) is 0. The number of carbonyl (C=O) groups is 1. The van der Waals surface area contributed by atoms with E-state index < -0.39 is 0 Å². The van der Waals surface area contributed by atoms with E-state index in [0.29, 0.717) is 18.0 Å². The Balaban J connectivity index is 2.08. The molecule has 3 heteroatoms. The van der Waals surface area contributed by atoms with E-state index in [9.17, 15) is 4.79 Å². The monoisotopic (exact) mass is 284 g/mol. The van der Waals surface area contributed by atoms with Gasteiger partial charge >= 0.3 is 0 Å². The number of amides is 1. The van der Waals surface area contributed by atoms with Crippen molar-refractivity contribution in [1.29, 1.82) is 0 Å². The van der Waals surface area contributed by atoms with Gasteiger partial charge in [-0.05, 0) is 50.3 Å². The minimum absolute atomic E-state index is 0.00908. The highest BCUT2D eigenvalue weighted by Crippen LogP contribution is 2.27. The SMILES string of the molecule is Cc1ccc(C(=O)NC(C)C2CCCC2)cc1C#CCN. The predicted octanol–water partition coefficient (Wildman–Crippen LogP) is 2.61. The smallest absolute Gasteiger partial charge is 0.251 e. The van der Waals surface area contributed by atoms with Crippen molar-refractivity contribution in [1.82, 2.24) is 5.32 Å². The van der Waals surface area contributed by atoms with Crippen LogP contribution in [0.2, 0.25) is 0 Å². The Morgan fingerprint density at radius 1 is 1.43 bits per heavy atom. The second-order valence-corrected chi connectivity index (χ2v) is 5.84. The lowest BCUT2D eigenvalue weighted by molar-refractivity contribution is 0.0927. The first-order valence-electron chi connectivity index (χ1n) is 7.72. The highest BCUT2D eigenvalue weighted by atomic mass is 16.1. The standard InChI is InChI=1S/C18H24N2O/c1-13-9-10-17(12-16(13)8-5-11-19)18(21)20-14(2)15-6-3-4-7-15/h9-10,12,14-15H,3-4,6-7,11,19H2,1-2H3,(H,20,21). The van der Waals surface area contributed by atoms with Crippen LogP contribution in [0.4, 0.5) is 0 Å². The molecule has 1 aromatic rings. The summed E-state index contributed by atoms with van der Waals surface area (Å²) in [6.45, 7) is 4.43. The third-order valence-corrected chi connectivity index (χ3v) is 4.29. The van der Waals surface area contributed by atoms with Gasteiger partial charge in [0, 0.05) is 17.2 Å². The Morgan fingerprint density at radius 2 is 2.14 bits per heavy atom. The molecule has 112 valence electrons. The lowest BCUT2D eigenvalue weighted by Crippen LogP contribution is -2.37. The molecular weight excluding hydrogens is 260 g/mol. The molecule has 0 spiro atoms. The number of benzene rings is 1. The van der Waals surface area contributed by atoms with Gasteiger partial charge in [0.1, 0.15) is 0 Å². The highest BCUT2D eigenvalue weighted by Gasteiger charge is 2.23. The van der Waals surface area contributed by atoms with Crippen LogP contribution in [-0.4, -0.2) is 18.5 Å². The van der Waals surface area contributed by atoms with Crippen molar-refractivity contribution in [3.8, 4) is 11.8 Å². The number of nitrogens with two attached hydrogens (primary N) is 1. The van der Waals surface area contributed by atoms with Crippen LogP contribution < -0.4 is 11.1 Å². The minimum atomic E-state index is -0.00908. The average molecular weight is 284 g/mol. The van der Waals surface area contributed by atoms with Crippen LogP contribution in [0.15, 0.2) is 18.2 Å². The van der Waals surface area contributed by atoms with E-state index in [1.807, 2.05) is 25.1 Å². The van der Waals surface area contributed by atoms with Crippen LogP contribution in [0.25, 0.3) is 0 Å². The van der Waals surface area contributed by atoms with E-state index in [2.05, 4.69) is 24.1 Å². The molecule has 1 atom stereocenters. The van der Waals surface area contributed by atoms with Crippen molar-refractivity contribution in [2.75, 3.05) is 6.54 Å². The third-order valence-electron chi connectivity index (χ3n) is 4.29. The van der Waals surface area contributed by atoms with Gasteiger partial charge in [-0.15, -0.1) is 0 Å². The summed E-state index contributed by atoms with van der Waals surface area (Å²) in [6, 6.07) is 5.89. The molecule has 1 saturated carbocycles. The number of hydrogen-bond acceptors (Lipinski definition) is 2. The normalized spacial score (nSPS) is 16.1. The fraction of sp³-hybridized carbons (Fsp3) is 0.500. The van der Waals surface area contributed by atoms with Gasteiger partial charge in [-0.25, -0.2) is 0 Å². The molecule has 0 saturated heterocycles. The molecule has 0 heterocycles. The van der Waals surface area contributed by atoms with Crippen LogP contribution in [-0.2, 0) is 0 Å². The summed E-state index contributed by atoms with van der Waals surface area (Å²) in [5, 5.41) is 3.13. The van der Waals surface area contributed by atoms with E-state index in [-0.39, 0.29) is 11.9 Å². The lowest BCUT2D eigenvalue weighted by Gasteiger charge is -2.20. The number of hydrogen-bond donors (Lipinski definition) is 2. The van der Waals surface area contributed by atoms with Gasteiger partial charge < -0.3 is 11.1 Å². The topological polar surface area (TPSA) is 55.1 Å². The molecule has 1 aliphatic carbocycles. The summed E-state index contributed by atoms with van der Waals surface area (Å²) >= 11 is 0. The molecule has 0 bridgehead atoms. The predicted molar refractivity (Wildman–Crippen MR) is 86.0 cm³/mol. The maximum atomic E-state index is 12.4. The van der Waals surface area contributed by atoms with Gasteiger partial charge in [0.05, 0.1) is 6.54 Å². The summed E-state index contributed by atoms with van der Waals surface area (Å²) < 4.78 is 0. The molecule has 1 fully saturated rings. The van der Waals surface area contributed by atoms with Crippen molar-refractivity contribution in [2.45, 2.75) is 45.6 Å². The van der Waals surface area contributed by atoms with E-state index in [1.165, 1.54) is 25.7 Å². The maximum absolute atomic E-state index is 12.4. The summed E-state index contributed by atoms with van der Waals surface area (Å²) in [5.41, 5.74) is 8.02. The van der Waals surface area contributed by atoms with Crippen molar-refractivity contribution in [3.63, 3.8) is 0 Å². The Bertz CT molecular complexity index is 562. The molecule has 1 unspecified atom stereocenters. The molecule has 1 aliphatic rings. The van der Waals surface area contributed by atoms with Crippen LogP contribution in [0.3, 0.4) is 0 Å². The van der Waals surface area contributed by atoms with Crippen LogP contribution >= 0.6 is 0 Å². The Kier molecular flexibility index (Phi) is 5.41. The first kappa shape index (κ1) is 15.6. The van der Waals surface area contributed by atoms with Gasteiger partial charge in [0.25, 0.3) is 5.91 Å². The average Bonchev–Trinajstić information content (AvgIpc) is 3.00. The Hall–Kier alpha value is -1.79. The molecule has 3 N–H and O–H groups in total. The van der Waals surface area contributed by atoms with Crippen LogP contribution in [0, 0.1) is 24.7 Å². The maximum Gasteiger partial charge on any atom is 0.251 e. The number of aryl methyl sites for hydroxylation is 1. The summed E-state index contributed by atoms with van der Waals surface area (Å²) in [4.78, 5) is 12.4. The van der Waals surface area contributed by atoms with E-state index >= 15 is 0 Å². The molecule has 0 aromatic heterocycles. The fourth-order valence-electron chi connectivity index (χ4n) is 2.91. The number of rotatable bonds is 3. The largest absolute Gasteiger partial charge is 0.349 e. The second-order valence-electron chi connectivity index (χ2n) is 5.84. The van der Waals surface area contributed by atoms with E-state index in [4.69, 9.17) is 5.73 Å². The van der Waals surface area contributed by atoms with Crippen molar-refractivity contribution < 1.29 is 4.79 Å². The van der Waals surface area contributed by atoms with Gasteiger partial charge in [-0.3, -0.25) is 4.79 Å². The Morgan fingerprint density at radius 3 is 2.81 bits per heavy atom. The minimum Gasteiger partial charge on any atom is -0.349 e. The molecule has 21 heavy (non-hydrogen) atoms. The van der Waals surface area contributed by atoms with Crippen molar-refractivity contribution in [2.24, 2.45) is 11.7 Å². The van der Waals surface area contributed by atoms with Crippen LogP contribution in [0.1, 0.15) is 54.1 Å². The lowest BCUT2D eigenvalue weighted by atomic mass is 9.99. The molecule has 3 nitrogen and oxygen atoms in total. The zero-order chi connectivity index (χ0) is 15.2. The van der Waals surface area contributed by atoms with Crippen LogP contribution in [0.5, 0.6) is 0 Å².